The number of nitrogens with zero attached hydrogens (tertiary/aromatic N) is 3. The second-order valence-corrected chi connectivity index (χ2v) is 6.46. The van der Waals surface area contributed by atoms with E-state index < -0.39 is 0 Å². The lowest BCUT2D eigenvalue weighted by Gasteiger charge is -2.12. The number of methoxy groups -OCH3 is 1. The van der Waals surface area contributed by atoms with Crippen molar-refractivity contribution in [2.45, 2.75) is 25.4 Å². The highest BCUT2D eigenvalue weighted by Gasteiger charge is 2.32. The lowest BCUT2D eigenvalue weighted by Crippen LogP contribution is -2.25. The molecule has 1 aliphatic rings. The number of amides is 1. The van der Waals surface area contributed by atoms with Crippen molar-refractivity contribution in [2.75, 3.05) is 25.2 Å². The fourth-order valence-corrected chi connectivity index (χ4v) is 3.60. The molecule has 0 spiro atoms. The maximum atomic E-state index is 12.0. The smallest absolute Gasteiger partial charge is 0.414 e. The van der Waals surface area contributed by atoms with Crippen LogP contribution in [0.25, 0.3) is 10.2 Å². The number of ether oxygens (including phenoxy) is 2. The van der Waals surface area contributed by atoms with E-state index in [1.807, 2.05) is 18.2 Å². The minimum atomic E-state index is -0.342. The number of hydrogen-bond acceptors (Lipinski definition) is 6. The Labute approximate surface area is 138 Å². The average molecular weight is 331 g/mol. The summed E-state index contributed by atoms with van der Waals surface area (Å²) in [5.74, 6) is 0. The zero-order valence-corrected chi connectivity index (χ0v) is 13.6. The summed E-state index contributed by atoms with van der Waals surface area (Å²) in [6, 6.07) is 7.92. The van der Waals surface area contributed by atoms with Gasteiger partial charge in [0, 0.05) is 25.6 Å². The van der Waals surface area contributed by atoms with Crippen molar-refractivity contribution in [2.24, 2.45) is 0 Å². The molecule has 1 amide bonds. The lowest BCUT2D eigenvalue weighted by atomic mass is 10.2. The van der Waals surface area contributed by atoms with Crippen LogP contribution >= 0.6 is 11.3 Å². The molecular formula is C16H17N3O3S. The Morgan fingerprint density at radius 1 is 1.57 bits per heavy atom. The van der Waals surface area contributed by atoms with E-state index >= 15 is 0 Å². The normalized spacial score (nSPS) is 17.5. The van der Waals surface area contributed by atoms with Crippen LogP contribution in [0.5, 0.6) is 0 Å². The van der Waals surface area contributed by atoms with E-state index in [1.54, 1.807) is 23.3 Å². The number of benzene rings is 1. The molecule has 1 saturated heterocycles. The Balaban J connectivity index is 1.77. The Kier molecular flexibility index (Phi) is 4.74. The Morgan fingerprint density at radius 2 is 2.43 bits per heavy atom. The van der Waals surface area contributed by atoms with Gasteiger partial charge in [-0.05, 0) is 24.6 Å². The standard InChI is InChI=1S/C16H17N3O3S/c1-21-10-12-9-19(16(20)22-12)11-5-6-13-14(8-11)23-15(18-13)4-2-3-7-17/h5-6,8,12H,2-4,9-10H2,1H3/t12-/m1/s1. The molecule has 23 heavy (non-hydrogen) atoms. The van der Waals surface area contributed by atoms with Gasteiger partial charge in [-0.2, -0.15) is 5.26 Å². The first-order chi connectivity index (χ1) is 11.2. The fourth-order valence-electron chi connectivity index (χ4n) is 2.56. The quantitative estimate of drug-likeness (QED) is 0.760. The van der Waals surface area contributed by atoms with Crippen molar-refractivity contribution < 1.29 is 14.3 Å². The number of rotatable bonds is 6. The van der Waals surface area contributed by atoms with Crippen molar-refractivity contribution in [3.63, 3.8) is 0 Å². The second kappa shape index (κ2) is 6.94. The summed E-state index contributed by atoms with van der Waals surface area (Å²) >= 11 is 1.61. The molecule has 0 radical (unpaired) electrons. The summed E-state index contributed by atoms with van der Waals surface area (Å²) in [4.78, 5) is 18.2. The molecule has 2 heterocycles. The number of fused-ring (bicyclic) bond motifs is 1. The van der Waals surface area contributed by atoms with Crippen molar-refractivity contribution >= 4 is 33.3 Å². The molecule has 0 N–H and O–H groups in total. The maximum absolute atomic E-state index is 12.0. The molecule has 0 saturated carbocycles. The van der Waals surface area contributed by atoms with Gasteiger partial charge in [-0.15, -0.1) is 11.3 Å². The van der Waals surface area contributed by atoms with Crippen LogP contribution in [0.1, 0.15) is 17.8 Å². The third-order valence-corrected chi connectivity index (χ3v) is 4.71. The number of hydrogen-bond donors (Lipinski definition) is 0. The fraction of sp³-hybridized carbons (Fsp3) is 0.438. The van der Waals surface area contributed by atoms with Gasteiger partial charge in [-0.1, -0.05) is 0 Å². The molecule has 3 rings (SSSR count). The van der Waals surface area contributed by atoms with Gasteiger partial charge in [0.25, 0.3) is 0 Å². The zero-order chi connectivity index (χ0) is 16.2. The van der Waals surface area contributed by atoms with Gasteiger partial charge in [0.1, 0.15) is 6.10 Å². The number of aromatic nitrogens is 1. The first-order valence-electron chi connectivity index (χ1n) is 7.45. The molecule has 0 aliphatic carbocycles. The average Bonchev–Trinajstić information content (AvgIpc) is 3.10. The van der Waals surface area contributed by atoms with E-state index in [0.717, 1.165) is 33.8 Å². The van der Waals surface area contributed by atoms with E-state index in [0.29, 0.717) is 19.6 Å². The van der Waals surface area contributed by atoms with Crippen molar-refractivity contribution in [1.29, 1.82) is 5.26 Å². The van der Waals surface area contributed by atoms with Crippen LogP contribution in [0.2, 0.25) is 0 Å². The van der Waals surface area contributed by atoms with Gasteiger partial charge >= 0.3 is 6.09 Å². The van der Waals surface area contributed by atoms with Gasteiger partial charge in [0.2, 0.25) is 0 Å². The van der Waals surface area contributed by atoms with E-state index in [4.69, 9.17) is 14.7 Å². The zero-order valence-electron chi connectivity index (χ0n) is 12.8. The van der Waals surface area contributed by atoms with Gasteiger partial charge in [0.15, 0.2) is 0 Å². The molecule has 120 valence electrons. The highest BCUT2D eigenvalue weighted by atomic mass is 32.1. The monoisotopic (exact) mass is 331 g/mol. The van der Waals surface area contributed by atoms with E-state index in [1.165, 1.54) is 0 Å². The summed E-state index contributed by atoms with van der Waals surface area (Å²) in [5.41, 5.74) is 1.74. The molecule has 1 atom stereocenters. The summed E-state index contributed by atoms with van der Waals surface area (Å²) in [6.45, 7) is 0.889. The highest BCUT2D eigenvalue weighted by Crippen LogP contribution is 2.30. The molecule has 1 aromatic heterocycles. The molecule has 0 unspecified atom stereocenters. The minimum Gasteiger partial charge on any atom is -0.441 e. The van der Waals surface area contributed by atoms with Crippen LogP contribution in [0.3, 0.4) is 0 Å². The third-order valence-electron chi connectivity index (χ3n) is 3.63. The number of aryl methyl sites for hydroxylation is 1. The molecular weight excluding hydrogens is 314 g/mol. The molecule has 6 nitrogen and oxygen atoms in total. The Morgan fingerprint density at radius 3 is 3.22 bits per heavy atom. The van der Waals surface area contributed by atoms with Gasteiger partial charge < -0.3 is 9.47 Å². The lowest BCUT2D eigenvalue weighted by molar-refractivity contribution is 0.0718. The van der Waals surface area contributed by atoms with Gasteiger partial charge in [0.05, 0.1) is 34.4 Å². The number of thiazole rings is 1. The van der Waals surface area contributed by atoms with Crippen LogP contribution in [0.4, 0.5) is 10.5 Å². The maximum Gasteiger partial charge on any atom is 0.414 e. The van der Waals surface area contributed by atoms with Crippen molar-refractivity contribution in [3.05, 3.63) is 23.2 Å². The molecule has 1 aliphatic heterocycles. The van der Waals surface area contributed by atoms with Crippen LogP contribution in [0.15, 0.2) is 18.2 Å². The largest absolute Gasteiger partial charge is 0.441 e. The van der Waals surface area contributed by atoms with Crippen LogP contribution in [-0.2, 0) is 15.9 Å². The number of carbonyl (C=O) groups excluding carboxylic acids is 1. The van der Waals surface area contributed by atoms with E-state index in [-0.39, 0.29) is 12.2 Å². The first-order valence-corrected chi connectivity index (χ1v) is 8.26. The third kappa shape index (κ3) is 3.44. The number of cyclic esters (lactones) is 1. The molecule has 1 fully saturated rings. The Bertz CT molecular complexity index is 753. The number of unbranched alkanes of at least 4 members (excludes halogenated alkanes) is 1. The van der Waals surface area contributed by atoms with Gasteiger partial charge in [-0.25, -0.2) is 9.78 Å². The van der Waals surface area contributed by atoms with Crippen molar-refractivity contribution in [3.8, 4) is 6.07 Å². The van der Waals surface area contributed by atoms with E-state index in [9.17, 15) is 4.79 Å². The highest BCUT2D eigenvalue weighted by molar-refractivity contribution is 7.18. The molecule has 1 aromatic carbocycles. The summed E-state index contributed by atoms with van der Waals surface area (Å²) < 4.78 is 11.4. The van der Waals surface area contributed by atoms with Gasteiger partial charge in [-0.3, -0.25) is 4.90 Å². The minimum absolute atomic E-state index is 0.230. The number of nitriles is 1. The SMILES string of the molecule is COC[C@H]1CN(c2ccc3nc(CCCC#N)sc3c2)C(=O)O1. The van der Waals surface area contributed by atoms with Crippen LogP contribution in [0, 0.1) is 11.3 Å². The van der Waals surface area contributed by atoms with E-state index in [2.05, 4.69) is 11.1 Å². The number of carbonyl (C=O) groups is 1. The summed E-state index contributed by atoms with van der Waals surface area (Å²) in [5, 5.41) is 9.62. The Hall–Kier alpha value is -2.17. The second-order valence-electron chi connectivity index (χ2n) is 5.34. The molecule has 7 heteroatoms. The topological polar surface area (TPSA) is 75.5 Å². The predicted octanol–water partition coefficient (Wildman–Crippen LogP) is 3.11. The first kappa shape index (κ1) is 15.7. The van der Waals surface area contributed by atoms with Crippen molar-refractivity contribution in [1.82, 2.24) is 4.98 Å². The predicted molar refractivity (Wildman–Crippen MR) is 87.7 cm³/mol. The molecule has 0 bridgehead atoms. The van der Waals surface area contributed by atoms with Crippen LogP contribution in [-0.4, -0.2) is 37.4 Å². The van der Waals surface area contributed by atoms with Crippen LogP contribution < -0.4 is 4.90 Å². The number of anilines is 1. The molecule has 2 aromatic rings. The summed E-state index contributed by atoms with van der Waals surface area (Å²) in [7, 11) is 1.59. The summed E-state index contributed by atoms with van der Waals surface area (Å²) in [6.07, 6.45) is 1.60.